The third-order valence-corrected chi connectivity index (χ3v) is 4.13. The molecular weight excluding hydrogens is 244 g/mol. The Bertz CT molecular complexity index is 433. The van der Waals surface area contributed by atoms with E-state index in [1.807, 2.05) is 37.3 Å². The molecule has 1 N–H and O–H groups in total. The number of hydrogen-bond acceptors (Lipinski definition) is 4. The van der Waals surface area contributed by atoms with E-state index in [1.165, 1.54) is 0 Å². The molecule has 104 valence electrons. The highest BCUT2D eigenvalue weighted by atomic mass is 16.7. The lowest BCUT2D eigenvalue weighted by molar-refractivity contribution is -0.182. The highest BCUT2D eigenvalue weighted by Gasteiger charge is 2.63. The van der Waals surface area contributed by atoms with Crippen LogP contribution in [0.15, 0.2) is 30.3 Å². The van der Waals surface area contributed by atoms with Crippen LogP contribution in [0.5, 0.6) is 0 Å². The van der Waals surface area contributed by atoms with Gasteiger partial charge in [0.25, 0.3) is 0 Å². The van der Waals surface area contributed by atoms with Crippen LogP contribution in [-0.4, -0.2) is 41.7 Å². The van der Waals surface area contributed by atoms with Crippen LogP contribution >= 0.6 is 0 Å². The quantitative estimate of drug-likeness (QED) is 0.895. The van der Waals surface area contributed by atoms with Crippen molar-refractivity contribution in [3.05, 3.63) is 35.9 Å². The molecule has 2 aliphatic rings. The fourth-order valence-corrected chi connectivity index (χ4v) is 3.02. The fourth-order valence-electron chi connectivity index (χ4n) is 3.02. The molecule has 0 aromatic heterocycles. The summed E-state index contributed by atoms with van der Waals surface area (Å²) < 4.78 is 17.6. The van der Waals surface area contributed by atoms with Crippen LogP contribution in [-0.2, 0) is 20.8 Å². The van der Waals surface area contributed by atoms with Gasteiger partial charge in [-0.05, 0) is 19.4 Å². The van der Waals surface area contributed by atoms with Crippen LogP contribution in [0.3, 0.4) is 0 Å². The third-order valence-electron chi connectivity index (χ3n) is 4.13. The fraction of sp³-hybridized carbons (Fsp3) is 0.600. The van der Waals surface area contributed by atoms with Crippen LogP contribution in [0.25, 0.3) is 0 Å². The smallest absolute Gasteiger partial charge is 0.146 e. The number of ether oxygens (including phenoxy) is 3. The molecule has 2 saturated heterocycles. The summed E-state index contributed by atoms with van der Waals surface area (Å²) in [7, 11) is 0. The molecular formula is C15H20O4. The molecule has 5 atom stereocenters. The lowest BCUT2D eigenvalue weighted by atomic mass is 9.93. The van der Waals surface area contributed by atoms with E-state index in [1.54, 1.807) is 6.92 Å². The zero-order valence-electron chi connectivity index (χ0n) is 11.3. The second-order valence-electron chi connectivity index (χ2n) is 5.45. The summed E-state index contributed by atoms with van der Waals surface area (Å²) in [5.74, 6) is 0. The molecule has 3 rings (SSSR count). The minimum Gasteiger partial charge on any atom is -0.390 e. The predicted molar refractivity (Wildman–Crippen MR) is 69.7 cm³/mol. The average molecular weight is 264 g/mol. The van der Waals surface area contributed by atoms with Gasteiger partial charge in [0, 0.05) is 0 Å². The van der Waals surface area contributed by atoms with Gasteiger partial charge in [0.15, 0.2) is 0 Å². The first-order chi connectivity index (χ1) is 9.13. The standard InChI is InChI=1S/C15H20O4/c1-10-13-14(15(19-10,9-18-13)11(2)16)17-8-12-6-4-3-5-7-12/h3-7,10-11,13-14,16H,8-9H2,1-2H3/t10-,11?,13-,14-,15+/m0/s1. The van der Waals surface area contributed by atoms with Crippen molar-refractivity contribution in [2.75, 3.05) is 6.61 Å². The summed E-state index contributed by atoms with van der Waals surface area (Å²) in [4.78, 5) is 0. The molecule has 4 heteroatoms. The van der Waals surface area contributed by atoms with Gasteiger partial charge in [-0.3, -0.25) is 0 Å². The Kier molecular flexibility index (Phi) is 3.35. The predicted octanol–water partition coefficient (Wildman–Crippen LogP) is 1.51. The molecule has 0 amide bonds. The first-order valence-corrected chi connectivity index (χ1v) is 6.76. The number of aliphatic hydroxyl groups excluding tert-OH is 1. The minimum absolute atomic E-state index is 0.0378. The van der Waals surface area contributed by atoms with Gasteiger partial charge in [-0.25, -0.2) is 0 Å². The molecule has 1 unspecified atom stereocenters. The zero-order valence-corrected chi connectivity index (χ0v) is 11.3. The summed E-state index contributed by atoms with van der Waals surface area (Å²) in [5, 5.41) is 10.0. The normalized spacial score (nSPS) is 38.6. The number of aliphatic hydroxyl groups is 1. The SMILES string of the molecule is CC(O)[C@@]12CO[C@@H]([C@H](C)O1)[C@@H]2OCc1ccccc1. The number of benzene rings is 1. The second-order valence-corrected chi connectivity index (χ2v) is 5.45. The molecule has 0 aliphatic carbocycles. The summed E-state index contributed by atoms with van der Waals surface area (Å²) in [5.41, 5.74) is 0.404. The van der Waals surface area contributed by atoms with Crippen molar-refractivity contribution in [2.45, 2.75) is 50.5 Å². The van der Waals surface area contributed by atoms with Crippen molar-refractivity contribution in [3.8, 4) is 0 Å². The van der Waals surface area contributed by atoms with Gasteiger partial charge in [0.05, 0.1) is 25.4 Å². The van der Waals surface area contributed by atoms with Crippen molar-refractivity contribution >= 4 is 0 Å². The summed E-state index contributed by atoms with van der Waals surface area (Å²) in [6.07, 6.45) is -0.937. The third kappa shape index (κ3) is 2.09. The van der Waals surface area contributed by atoms with Crippen LogP contribution in [0.2, 0.25) is 0 Å². The van der Waals surface area contributed by atoms with Crippen molar-refractivity contribution < 1.29 is 19.3 Å². The number of hydrogen-bond donors (Lipinski definition) is 1. The Morgan fingerprint density at radius 1 is 1.42 bits per heavy atom. The lowest BCUT2D eigenvalue weighted by Crippen LogP contribution is -2.50. The van der Waals surface area contributed by atoms with E-state index < -0.39 is 11.7 Å². The van der Waals surface area contributed by atoms with Crippen LogP contribution in [0.4, 0.5) is 0 Å². The van der Waals surface area contributed by atoms with E-state index in [0.717, 1.165) is 5.56 Å². The lowest BCUT2D eigenvalue weighted by Gasteiger charge is -2.33. The topological polar surface area (TPSA) is 47.9 Å². The Balaban J connectivity index is 1.73. The maximum atomic E-state index is 10.0. The van der Waals surface area contributed by atoms with E-state index >= 15 is 0 Å². The molecule has 2 fully saturated rings. The minimum atomic E-state index is -0.709. The molecule has 2 bridgehead atoms. The molecule has 4 nitrogen and oxygen atoms in total. The largest absolute Gasteiger partial charge is 0.390 e. The molecule has 2 aliphatic heterocycles. The van der Waals surface area contributed by atoms with E-state index in [-0.39, 0.29) is 18.3 Å². The van der Waals surface area contributed by atoms with Gasteiger partial charge in [-0.1, -0.05) is 30.3 Å². The summed E-state index contributed by atoms with van der Waals surface area (Å²) >= 11 is 0. The van der Waals surface area contributed by atoms with Crippen LogP contribution in [0.1, 0.15) is 19.4 Å². The van der Waals surface area contributed by atoms with Gasteiger partial charge in [-0.15, -0.1) is 0 Å². The molecule has 0 saturated carbocycles. The number of fused-ring (bicyclic) bond motifs is 2. The zero-order chi connectivity index (χ0) is 13.5. The highest BCUT2D eigenvalue weighted by molar-refractivity contribution is 5.15. The Morgan fingerprint density at radius 3 is 2.79 bits per heavy atom. The molecule has 1 aromatic carbocycles. The van der Waals surface area contributed by atoms with E-state index in [2.05, 4.69) is 0 Å². The molecule has 1 aromatic rings. The van der Waals surface area contributed by atoms with Crippen LogP contribution < -0.4 is 0 Å². The second kappa shape index (κ2) is 4.87. The molecule has 0 spiro atoms. The van der Waals surface area contributed by atoms with Gasteiger partial charge >= 0.3 is 0 Å². The first-order valence-electron chi connectivity index (χ1n) is 6.76. The van der Waals surface area contributed by atoms with Gasteiger partial charge < -0.3 is 19.3 Å². The Morgan fingerprint density at radius 2 is 2.16 bits per heavy atom. The maximum Gasteiger partial charge on any atom is 0.146 e. The average Bonchev–Trinajstić information content (AvgIpc) is 2.90. The van der Waals surface area contributed by atoms with E-state index in [9.17, 15) is 5.11 Å². The highest BCUT2D eigenvalue weighted by Crippen LogP contribution is 2.44. The van der Waals surface area contributed by atoms with E-state index in [4.69, 9.17) is 14.2 Å². The molecule has 2 heterocycles. The Labute approximate surface area is 113 Å². The maximum absolute atomic E-state index is 10.0. The monoisotopic (exact) mass is 264 g/mol. The van der Waals surface area contributed by atoms with Gasteiger partial charge in [-0.2, -0.15) is 0 Å². The van der Waals surface area contributed by atoms with Crippen molar-refractivity contribution in [3.63, 3.8) is 0 Å². The number of rotatable bonds is 4. The summed E-state index contributed by atoms with van der Waals surface area (Å²) in [6, 6.07) is 10.0. The van der Waals surface area contributed by atoms with Crippen LogP contribution in [0, 0.1) is 0 Å². The first kappa shape index (κ1) is 13.1. The van der Waals surface area contributed by atoms with Crippen molar-refractivity contribution in [1.29, 1.82) is 0 Å². The van der Waals surface area contributed by atoms with E-state index in [0.29, 0.717) is 13.2 Å². The van der Waals surface area contributed by atoms with Crippen molar-refractivity contribution in [1.82, 2.24) is 0 Å². The van der Waals surface area contributed by atoms with Gasteiger partial charge in [0.2, 0.25) is 0 Å². The van der Waals surface area contributed by atoms with Gasteiger partial charge in [0.1, 0.15) is 17.8 Å². The molecule has 19 heavy (non-hydrogen) atoms. The summed E-state index contributed by atoms with van der Waals surface area (Å²) in [6.45, 7) is 4.62. The molecule has 0 radical (unpaired) electrons. The van der Waals surface area contributed by atoms with Crippen molar-refractivity contribution in [2.24, 2.45) is 0 Å². The Hall–Kier alpha value is -0.940.